The van der Waals surface area contributed by atoms with E-state index in [-0.39, 0.29) is 24.0 Å². The van der Waals surface area contributed by atoms with Crippen molar-refractivity contribution in [3.05, 3.63) is 28.5 Å². The Bertz CT molecular complexity index is 636. The summed E-state index contributed by atoms with van der Waals surface area (Å²) in [6.07, 6.45) is 10.1. The maximum atomic E-state index is 10.1. The Kier molecular flexibility index (Phi) is 4.62. The van der Waals surface area contributed by atoms with E-state index >= 15 is 0 Å². The predicted molar refractivity (Wildman–Crippen MR) is 104 cm³/mol. The van der Waals surface area contributed by atoms with E-state index in [0.29, 0.717) is 11.3 Å². The number of thiophene rings is 1. The van der Waals surface area contributed by atoms with E-state index in [9.17, 15) is 10.2 Å². The van der Waals surface area contributed by atoms with Crippen LogP contribution in [-0.2, 0) is 0 Å². The second-order valence-corrected chi connectivity index (χ2v) is 10.2. The molecule has 4 rings (SSSR count). The van der Waals surface area contributed by atoms with Gasteiger partial charge in [0, 0.05) is 11.5 Å². The van der Waals surface area contributed by atoms with Gasteiger partial charge in [-0.2, -0.15) is 0 Å². The molecule has 6 atom stereocenters. The average molecular weight is 361 g/mol. The van der Waals surface area contributed by atoms with Crippen LogP contribution in [0.5, 0.6) is 0 Å². The number of rotatable bonds is 3. The van der Waals surface area contributed by atoms with E-state index in [4.69, 9.17) is 0 Å². The molecule has 1 heterocycles. The van der Waals surface area contributed by atoms with Crippen LogP contribution in [0.2, 0.25) is 0 Å². The van der Waals surface area contributed by atoms with E-state index < -0.39 is 0 Å². The van der Waals surface area contributed by atoms with Gasteiger partial charge in [-0.05, 0) is 90.5 Å². The fraction of sp³-hybridized carbons (Fsp3) is 0.727. The van der Waals surface area contributed by atoms with E-state index in [1.807, 2.05) is 11.3 Å². The third kappa shape index (κ3) is 2.83. The summed E-state index contributed by atoms with van der Waals surface area (Å²) in [4.78, 5) is 1.46. The highest BCUT2D eigenvalue weighted by atomic mass is 32.1. The van der Waals surface area contributed by atoms with E-state index in [2.05, 4.69) is 37.4 Å². The molecule has 1 aromatic rings. The van der Waals surface area contributed by atoms with Crippen LogP contribution in [0.3, 0.4) is 0 Å². The second-order valence-electron chi connectivity index (χ2n) is 9.23. The monoisotopic (exact) mass is 360 g/mol. The summed E-state index contributed by atoms with van der Waals surface area (Å²) in [5, 5.41) is 22.2. The largest absolute Gasteiger partial charge is 0.396 e. The molecule has 2 N–H and O–H groups in total. The van der Waals surface area contributed by atoms with Gasteiger partial charge in [0.15, 0.2) is 0 Å². The molecule has 0 spiro atoms. The van der Waals surface area contributed by atoms with Crippen LogP contribution < -0.4 is 0 Å². The molecule has 0 bridgehead atoms. The average Bonchev–Trinajstić information content (AvgIpc) is 3.23. The third-order valence-electron chi connectivity index (χ3n) is 8.15. The van der Waals surface area contributed by atoms with Crippen LogP contribution in [0.4, 0.5) is 0 Å². The maximum absolute atomic E-state index is 10.1. The van der Waals surface area contributed by atoms with Gasteiger partial charge in [0.1, 0.15) is 0 Å². The molecule has 1 aromatic heterocycles. The maximum Gasteiger partial charge on any atom is 0.0544 e. The first-order valence-electron chi connectivity index (χ1n) is 10.0. The number of hydrogen-bond acceptors (Lipinski definition) is 3. The highest BCUT2D eigenvalue weighted by Crippen LogP contribution is 2.62. The molecule has 2 nitrogen and oxygen atoms in total. The van der Waals surface area contributed by atoms with Crippen LogP contribution in [-0.4, -0.2) is 22.9 Å². The Morgan fingerprint density at radius 1 is 1.16 bits per heavy atom. The molecule has 0 saturated heterocycles. The first-order valence-corrected chi connectivity index (χ1v) is 10.9. The molecule has 2 fully saturated rings. The molecule has 3 aliphatic rings. The number of aliphatic hydroxyl groups excluding tert-OH is 2. The van der Waals surface area contributed by atoms with Gasteiger partial charge in [0.05, 0.1) is 6.10 Å². The van der Waals surface area contributed by atoms with Gasteiger partial charge < -0.3 is 10.2 Å². The van der Waals surface area contributed by atoms with Gasteiger partial charge >= 0.3 is 0 Å². The molecule has 25 heavy (non-hydrogen) atoms. The topological polar surface area (TPSA) is 40.5 Å². The molecule has 2 saturated carbocycles. The summed E-state index contributed by atoms with van der Waals surface area (Å²) in [5.41, 5.74) is 2.12. The summed E-state index contributed by atoms with van der Waals surface area (Å²) in [6.45, 7) is 5.11. The van der Waals surface area contributed by atoms with Crippen LogP contribution in [0.25, 0.3) is 5.57 Å². The van der Waals surface area contributed by atoms with Gasteiger partial charge in [-0.25, -0.2) is 0 Å². The number of fused-ring (bicyclic) bond motifs is 1. The number of aliphatic hydroxyl groups is 2. The van der Waals surface area contributed by atoms with Crippen LogP contribution in [0.15, 0.2) is 23.6 Å². The van der Waals surface area contributed by atoms with Gasteiger partial charge in [-0.3, -0.25) is 0 Å². The molecule has 3 heteroatoms. The predicted octanol–water partition coefficient (Wildman–Crippen LogP) is 5.12. The molecule has 0 aromatic carbocycles. The normalized spacial score (nSPS) is 44.4. The van der Waals surface area contributed by atoms with Gasteiger partial charge in [0.25, 0.3) is 0 Å². The number of allylic oxidation sites excluding steroid dienone is 2. The Morgan fingerprint density at radius 2 is 2.00 bits per heavy atom. The SMILES string of the molecule is CC12CCC(C3(C)CCC(O)CC3CO)CC1CC=C2c1cccs1. The minimum Gasteiger partial charge on any atom is -0.396 e. The van der Waals surface area contributed by atoms with Crippen LogP contribution in [0, 0.1) is 28.6 Å². The van der Waals surface area contributed by atoms with Crippen molar-refractivity contribution in [1.82, 2.24) is 0 Å². The van der Waals surface area contributed by atoms with E-state index in [1.54, 1.807) is 5.57 Å². The summed E-state index contributed by atoms with van der Waals surface area (Å²) in [5.74, 6) is 1.69. The zero-order valence-electron chi connectivity index (χ0n) is 15.6. The van der Waals surface area contributed by atoms with Crippen molar-refractivity contribution in [2.75, 3.05) is 6.61 Å². The lowest BCUT2D eigenvalue weighted by molar-refractivity contribution is -0.0652. The highest BCUT2D eigenvalue weighted by molar-refractivity contribution is 7.11. The Hall–Kier alpha value is -0.640. The van der Waals surface area contributed by atoms with Crippen molar-refractivity contribution >= 4 is 16.9 Å². The summed E-state index contributed by atoms with van der Waals surface area (Å²) < 4.78 is 0. The molecule has 0 radical (unpaired) electrons. The van der Waals surface area contributed by atoms with E-state index in [0.717, 1.165) is 25.2 Å². The van der Waals surface area contributed by atoms with Crippen molar-refractivity contribution < 1.29 is 10.2 Å². The first kappa shape index (κ1) is 17.8. The minimum atomic E-state index is -0.211. The van der Waals surface area contributed by atoms with Gasteiger partial charge in [-0.15, -0.1) is 11.3 Å². The summed E-state index contributed by atoms with van der Waals surface area (Å²) in [6, 6.07) is 4.45. The van der Waals surface area contributed by atoms with Crippen LogP contribution >= 0.6 is 11.3 Å². The zero-order valence-corrected chi connectivity index (χ0v) is 16.4. The lowest BCUT2D eigenvalue weighted by atomic mass is 9.52. The van der Waals surface area contributed by atoms with Gasteiger partial charge in [0.2, 0.25) is 0 Å². The molecular formula is C22H32O2S. The van der Waals surface area contributed by atoms with Crippen molar-refractivity contribution in [2.24, 2.45) is 28.6 Å². The Balaban J connectivity index is 1.53. The molecule has 0 aliphatic heterocycles. The zero-order chi connectivity index (χ0) is 17.7. The quantitative estimate of drug-likeness (QED) is 0.785. The van der Waals surface area contributed by atoms with Crippen molar-refractivity contribution in [1.29, 1.82) is 0 Å². The van der Waals surface area contributed by atoms with Crippen molar-refractivity contribution in [3.8, 4) is 0 Å². The first-order chi connectivity index (χ1) is 12.0. The highest BCUT2D eigenvalue weighted by Gasteiger charge is 2.52. The lowest BCUT2D eigenvalue weighted by Gasteiger charge is -2.53. The third-order valence-corrected chi connectivity index (χ3v) is 9.05. The van der Waals surface area contributed by atoms with Crippen LogP contribution in [0.1, 0.15) is 63.7 Å². The summed E-state index contributed by atoms with van der Waals surface area (Å²) >= 11 is 1.88. The fourth-order valence-electron chi connectivity index (χ4n) is 6.23. The standard InChI is InChI=1S/C22H32O2S/c1-21(10-8-18(24)13-17(21)14-23)16-7-9-22(2)15(12-16)5-6-19(22)20-4-3-11-25-20/h3-4,6,11,15-18,23-24H,5,7-10,12-14H2,1-2H3. The second kappa shape index (κ2) is 6.51. The summed E-state index contributed by atoms with van der Waals surface area (Å²) in [7, 11) is 0. The molecular weight excluding hydrogens is 328 g/mol. The molecule has 138 valence electrons. The van der Waals surface area contributed by atoms with Crippen molar-refractivity contribution in [3.63, 3.8) is 0 Å². The Labute approximate surface area is 156 Å². The Morgan fingerprint density at radius 3 is 2.72 bits per heavy atom. The molecule has 3 aliphatic carbocycles. The minimum absolute atomic E-state index is 0.195. The van der Waals surface area contributed by atoms with Gasteiger partial charge in [-0.1, -0.05) is 26.0 Å². The number of hydrogen-bond donors (Lipinski definition) is 2. The van der Waals surface area contributed by atoms with E-state index in [1.165, 1.54) is 30.6 Å². The smallest absolute Gasteiger partial charge is 0.0544 e. The molecule has 0 amide bonds. The lowest BCUT2D eigenvalue weighted by Crippen LogP contribution is -2.47. The fourth-order valence-corrected chi connectivity index (χ4v) is 7.14. The van der Waals surface area contributed by atoms with Crippen molar-refractivity contribution in [2.45, 2.75) is 64.9 Å². The molecule has 6 unspecified atom stereocenters.